The van der Waals surface area contributed by atoms with E-state index in [9.17, 15) is 5.11 Å². The third kappa shape index (κ3) is 12.6. The Morgan fingerprint density at radius 3 is 1.82 bits per heavy atom. The van der Waals surface area contributed by atoms with E-state index >= 15 is 0 Å². The quantitative estimate of drug-likeness (QED) is 0.201. The zero-order valence-corrected chi connectivity index (χ0v) is 31.0. The second-order valence-electron chi connectivity index (χ2n) is 18.1. The predicted molar refractivity (Wildman–Crippen MR) is 192 cm³/mol. The summed E-state index contributed by atoms with van der Waals surface area (Å²) in [5, 5.41) is 9.94. The summed E-state index contributed by atoms with van der Waals surface area (Å²) in [6.07, 6.45) is 12.4. The highest BCUT2D eigenvalue weighted by Crippen LogP contribution is 2.50. The summed E-state index contributed by atoms with van der Waals surface area (Å²) in [5.74, 6) is 2.93. The molecule has 0 radical (unpaired) electrons. The second kappa shape index (κ2) is 15.7. The Balaban J connectivity index is 1.63. The van der Waals surface area contributed by atoms with Crippen molar-refractivity contribution >= 4 is 0 Å². The van der Waals surface area contributed by atoms with Gasteiger partial charge in [0.2, 0.25) is 0 Å². The Morgan fingerprint density at radius 2 is 1.27 bits per heavy atom. The van der Waals surface area contributed by atoms with Crippen LogP contribution in [0.25, 0.3) is 0 Å². The first kappa shape index (κ1) is 37.5. The maximum absolute atomic E-state index is 9.94. The van der Waals surface area contributed by atoms with Crippen LogP contribution in [0.1, 0.15) is 163 Å². The third-order valence-corrected chi connectivity index (χ3v) is 10.5. The SMILES string of the molecule is CC(OCCC1CCCCC1)Oc1ccc(C(CC(C)(C)CCC(C)(C)C(CC(C)(C)C)c2ccc(O)cc2)C(C)(C)C)cc1. The van der Waals surface area contributed by atoms with Gasteiger partial charge in [0.05, 0.1) is 6.61 Å². The fraction of sp³-hybridized carbons (Fsp3) is 0.714. The van der Waals surface area contributed by atoms with Gasteiger partial charge in [-0.25, -0.2) is 0 Å². The molecule has 3 nitrogen and oxygen atoms in total. The molecule has 0 amide bonds. The summed E-state index contributed by atoms with van der Waals surface area (Å²) in [6, 6.07) is 16.8. The van der Waals surface area contributed by atoms with Crippen molar-refractivity contribution in [2.45, 2.75) is 158 Å². The molecule has 2 aromatic rings. The van der Waals surface area contributed by atoms with Gasteiger partial charge in [0.1, 0.15) is 11.5 Å². The van der Waals surface area contributed by atoms with E-state index in [0.29, 0.717) is 17.6 Å². The van der Waals surface area contributed by atoms with Gasteiger partial charge in [0.25, 0.3) is 0 Å². The van der Waals surface area contributed by atoms with Crippen LogP contribution in [-0.2, 0) is 4.74 Å². The van der Waals surface area contributed by atoms with Crippen LogP contribution in [0.2, 0.25) is 0 Å². The molecule has 0 spiro atoms. The zero-order valence-electron chi connectivity index (χ0n) is 31.0. The molecule has 0 saturated heterocycles. The Morgan fingerprint density at radius 1 is 0.711 bits per heavy atom. The van der Waals surface area contributed by atoms with Crippen molar-refractivity contribution in [3.05, 3.63) is 59.7 Å². The molecule has 0 aliphatic heterocycles. The predicted octanol–water partition coefficient (Wildman–Crippen LogP) is 12.7. The van der Waals surface area contributed by atoms with Crippen LogP contribution >= 0.6 is 0 Å². The molecule has 1 fully saturated rings. The Kier molecular flexibility index (Phi) is 13.1. The number of rotatable bonds is 15. The summed E-state index contributed by atoms with van der Waals surface area (Å²) in [6.45, 7) is 26.8. The maximum atomic E-state index is 9.94. The smallest absolute Gasteiger partial charge is 0.196 e. The number of aromatic hydroxyl groups is 1. The van der Waals surface area contributed by atoms with Gasteiger partial charge in [-0.1, -0.05) is 126 Å². The van der Waals surface area contributed by atoms with Crippen LogP contribution in [0.4, 0.5) is 0 Å². The zero-order chi connectivity index (χ0) is 33.5. The van der Waals surface area contributed by atoms with Crippen LogP contribution in [0, 0.1) is 27.6 Å². The largest absolute Gasteiger partial charge is 0.508 e. The maximum Gasteiger partial charge on any atom is 0.196 e. The van der Waals surface area contributed by atoms with Crippen molar-refractivity contribution in [1.29, 1.82) is 0 Å². The van der Waals surface area contributed by atoms with Gasteiger partial charge >= 0.3 is 0 Å². The van der Waals surface area contributed by atoms with Gasteiger partial charge in [-0.15, -0.1) is 0 Å². The molecule has 3 rings (SSSR count). The van der Waals surface area contributed by atoms with Crippen LogP contribution in [-0.4, -0.2) is 18.0 Å². The molecule has 2 aromatic carbocycles. The van der Waals surface area contributed by atoms with Crippen LogP contribution in [0.15, 0.2) is 48.5 Å². The molecule has 0 heterocycles. The molecule has 1 aliphatic carbocycles. The Labute approximate surface area is 277 Å². The van der Waals surface area contributed by atoms with Gasteiger partial charge in [-0.05, 0) is 114 Å². The molecule has 1 aliphatic rings. The van der Waals surface area contributed by atoms with E-state index in [1.165, 1.54) is 49.7 Å². The monoisotopic (exact) mass is 621 g/mol. The molecule has 45 heavy (non-hydrogen) atoms. The highest BCUT2D eigenvalue weighted by atomic mass is 16.7. The first-order valence-corrected chi connectivity index (χ1v) is 18.0. The van der Waals surface area contributed by atoms with Crippen molar-refractivity contribution in [2.24, 2.45) is 27.6 Å². The minimum absolute atomic E-state index is 0.132. The van der Waals surface area contributed by atoms with Crippen molar-refractivity contribution in [1.82, 2.24) is 0 Å². The molecule has 1 N–H and O–H groups in total. The number of benzene rings is 2. The van der Waals surface area contributed by atoms with Crippen molar-refractivity contribution < 1.29 is 14.6 Å². The highest BCUT2D eigenvalue weighted by molar-refractivity contribution is 5.31. The standard InChI is InChI=1S/C42H68O3/c1-31(44-28-25-32-15-13-12-14-16-32)45-36-23-19-33(20-24-36)37(40(5,6)7)30-41(8,9)26-27-42(10,11)38(29-39(2,3)4)34-17-21-35(43)22-18-34/h17-24,31-32,37-38,43H,12-16,25-30H2,1-11H3. The minimum Gasteiger partial charge on any atom is -0.508 e. The molecule has 0 bridgehead atoms. The summed E-state index contributed by atoms with van der Waals surface area (Å²) in [5.41, 5.74) is 3.42. The first-order chi connectivity index (χ1) is 20.8. The fourth-order valence-corrected chi connectivity index (χ4v) is 7.46. The lowest BCUT2D eigenvalue weighted by Gasteiger charge is -2.42. The summed E-state index contributed by atoms with van der Waals surface area (Å²) in [7, 11) is 0. The van der Waals surface area contributed by atoms with E-state index in [0.717, 1.165) is 44.0 Å². The third-order valence-electron chi connectivity index (χ3n) is 10.5. The summed E-state index contributed by atoms with van der Waals surface area (Å²) in [4.78, 5) is 0. The minimum atomic E-state index is -0.233. The molecular weight excluding hydrogens is 552 g/mol. The van der Waals surface area contributed by atoms with Gasteiger partial charge < -0.3 is 14.6 Å². The van der Waals surface area contributed by atoms with E-state index in [1.54, 1.807) is 0 Å². The molecule has 3 heteroatoms. The topological polar surface area (TPSA) is 38.7 Å². The highest BCUT2D eigenvalue weighted by Gasteiger charge is 2.37. The lowest BCUT2D eigenvalue weighted by molar-refractivity contribution is -0.0711. The van der Waals surface area contributed by atoms with Crippen LogP contribution < -0.4 is 4.74 Å². The number of ether oxygens (including phenoxy) is 2. The van der Waals surface area contributed by atoms with E-state index in [-0.39, 0.29) is 27.9 Å². The molecular formula is C42H68O3. The fourth-order valence-electron chi connectivity index (χ4n) is 7.46. The van der Waals surface area contributed by atoms with Gasteiger partial charge in [0.15, 0.2) is 6.29 Å². The summed E-state index contributed by atoms with van der Waals surface area (Å²) < 4.78 is 12.2. The normalized spacial score (nSPS) is 17.6. The average molecular weight is 621 g/mol. The van der Waals surface area contributed by atoms with E-state index < -0.39 is 0 Å². The van der Waals surface area contributed by atoms with Gasteiger partial charge in [-0.3, -0.25) is 0 Å². The number of phenols is 1. The summed E-state index contributed by atoms with van der Waals surface area (Å²) >= 11 is 0. The van der Waals surface area contributed by atoms with Crippen LogP contribution in [0.5, 0.6) is 11.5 Å². The van der Waals surface area contributed by atoms with Gasteiger partial charge in [-0.2, -0.15) is 0 Å². The molecule has 254 valence electrons. The van der Waals surface area contributed by atoms with Crippen molar-refractivity contribution in [2.75, 3.05) is 6.61 Å². The van der Waals surface area contributed by atoms with Crippen molar-refractivity contribution in [3.63, 3.8) is 0 Å². The number of phenolic OH excluding ortho intramolecular Hbond substituents is 1. The Hall–Kier alpha value is -2.00. The molecule has 3 unspecified atom stereocenters. The molecule has 0 aromatic heterocycles. The average Bonchev–Trinajstić information content (AvgIpc) is 2.94. The van der Waals surface area contributed by atoms with Gasteiger partial charge in [0, 0.05) is 0 Å². The molecule has 3 atom stereocenters. The first-order valence-electron chi connectivity index (χ1n) is 18.0. The Bertz CT molecular complexity index is 1120. The van der Waals surface area contributed by atoms with Crippen LogP contribution in [0.3, 0.4) is 0 Å². The lowest BCUT2D eigenvalue weighted by Crippen LogP contribution is -2.30. The van der Waals surface area contributed by atoms with Crippen molar-refractivity contribution in [3.8, 4) is 11.5 Å². The molecule has 1 saturated carbocycles. The second-order valence-corrected chi connectivity index (χ2v) is 18.1. The lowest BCUT2D eigenvalue weighted by atomic mass is 9.63. The number of hydrogen-bond acceptors (Lipinski definition) is 3. The number of hydrogen-bond donors (Lipinski definition) is 1. The van der Waals surface area contributed by atoms with E-state index in [1.807, 2.05) is 19.1 Å². The van der Waals surface area contributed by atoms with E-state index in [4.69, 9.17) is 9.47 Å². The van der Waals surface area contributed by atoms with E-state index in [2.05, 4.69) is 106 Å².